The number of halogens is 2. The molecule has 0 unspecified atom stereocenters. The van der Waals surface area contributed by atoms with E-state index in [0.717, 1.165) is 0 Å². The SMILES string of the molecule is CC(C)(CO)[C@@H](N)c1cc(Cl)ccc1O.Cl. The second kappa shape index (κ2) is 5.73. The minimum Gasteiger partial charge on any atom is -0.508 e. The lowest BCUT2D eigenvalue weighted by Crippen LogP contribution is -2.32. The monoisotopic (exact) mass is 265 g/mol. The maximum Gasteiger partial charge on any atom is 0.120 e. The molecule has 0 saturated carbocycles. The van der Waals surface area contributed by atoms with Crippen molar-refractivity contribution < 1.29 is 10.2 Å². The Balaban J connectivity index is 0.00000225. The molecule has 0 amide bonds. The molecule has 0 bridgehead atoms. The number of phenolic OH excluding ortho intramolecular Hbond substituents is 1. The van der Waals surface area contributed by atoms with Crippen molar-refractivity contribution in [3.8, 4) is 5.75 Å². The summed E-state index contributed by atoms with van der Waals surface area (Å²) in [6.07, 6.45) is 0. The summed E-state index contributed by atoms with van der Waals surface area (Å²) >= 11 is 5.83. The zero-order valence-corrected chi connectivity index (χ0v) is 10.8. The normalized spacial score (nSPS) is 13.1. The summed E-state index contributed by atoms with van der Waals surface area (Å²) in [4.78, 5) is 0. The molecule has 4 N–H and O–H groups in total. The van der Waals surface area contributed by atoms with Gasteiger partial charge in [0.25, 0.3) is 0 Å². The molecule has 0 aliphatic heterocycles. The van der Waals surface area contributed by atoms with E-state index in [2.05, 4.69) is 0 Å². The molecule has 3 nitrogen and oxygen atoms in total. The van der Waals surface area contributed by atoms with E-state index in [0.29, 0.717) is 10.6 Å². The molecule has 1 atom stereocenters. The molecule has 0 heterocycles. The molecule has 0 spiro atoms. The highest BCUT2D eigenvalue weighted by Crippen LogP contribution is 2.36. The Morgan fingerprint density at radius 1 is 1.44 bits per heavy atom. The summed E-state index contributed by atoms with van der Waals surface area (Å²) in [7, 11) is 0. The third-order valence-corrected chi connectivity index (χ3v) is 2.81. The average molecular weight is 266 g/mol. The van der Waals surface area contributed by atoms with Gasteiger partial charge in [-0.3, -0.25) is 0 Å². The number of phenols is 1. The lowest BCUT2D eigenvalue weighted by atomic mass is 9.81. The maximum atomic E-state index is 9.64. The van der Waals surface area contributed by atoms with Crippen molar-refractivity contribution in [3.05, 3.63) is 28.8 Å². The van der Waals surface area contributed by atoms with E-state index in [1.54, 1.807) is 12.1 Å². The number of hydrogen-bond acceptors (Lipinski definition) is 3. The first-order chi connectivity index (χ1) is 6.88. The number of aliphatic hydroxyl groups excluding tert-OH is 1. The second-order valence-corrected chi connectivity index (χ2v) is 4.76. The van der Waals surface area contributed by atoms with Gasteiger partial charge in [-0.05, 0) is 18.2 Å². The molecule has 92 valence electrons. The van der Waals surface area contributed by atoms with Gasteiger partial charge < -0.3 is 15.9 Å². The third kappa shape index (κ3) is 3.25. The van der Waals surface area contributed by atoms with Crippen LogP contribution in [0.2, 0.25) is 5.02 Å². The van der Waals surface area contributed by atoms with Crippen LogP contribution < -0.4 is 5.73 Å². The van der Waals surface area contributed by atoms with E-state index < -0.39 is 11.5 Å². The summed E-state index contributed by atoms with van der Waals surface area (Å²) in [5.41, 5.74) is 6.03. The minimum atomic E-state index is -0.498. The van der Waals surface area contributed by atoms with Crippen LogP contribution in [0.25, 0.3) is 0 Å². The van der Waals surface area contributed by atoms with E-state index in [1.807, 2.05) is 13.8 Å². The molecule has 0 radical (unpaired) electrons. The molecule has 5 heteroatoms. The lowest BCUT2D eigenvalue weighted by molar-refractivity contribution is 0.131. The largest absolute Gasteiger partial charge is 0.508 e. The average Bonchev–Trinajstić information content (AvgIpc) is 2.20. The molecule has 1 aromatic rings. The van der Waals surface area contributed by atoms with Gasteiger partial charge in [0.05, 0.1) is 0 Å². The molecule has 0 aliphatic rings. The topological polar surface area (TPSA) is 66.5 Å². The highest BCUT2D eigenvalue weighted by atomic mass is 35.5. The number of benzene rings is 1. The standard InChI is InChI=1S/C11H16ClNO2.ClH/c1-11(2,6-14)10(13)8-5-7(12)3-4-9(8)15;/h3-5,10,14-15H,6,13H2,1-2H3;1H/t10-;/m0./s1. The van der Waals surface area contributed by atoms with Gasteiger partial charge in [-0.1, -0.05) is 25.4 Å². The van der Waals surface area contributed by atoms with E-state index in [9.17, 15) is 10.2 Å². The molecule has 0 saturated heterocycles. The van der Waals surface area contributed by atoms with Gasteiger partial charge in [-0.15, -0.1) is 12.4 Å². The third-order valence-electron chi connectivity index (χ3n) is 2.57. The van der Waals surface area contributed by atoms with Crippen LogP contribution in [0.1, 0.15) is 25.5 Å². The van der Waals surface area contributed by atoms with Gasteiger partial charge in [0.2, 0.25) is 0 Å². The Morgan fingerprint density at radius 2 is 2.00 bits per heavy atom. The van der Waals surface area contributed by atoms with Crippen LogP contribution in [-0.4, -0.2) is 16.8 Å². The fraction of sp³-hybridized carbons (Fsp3) is 0.455. The van der Waals surface area contributed by atoms with Gasteiger partial charge in [0, 0.05) is 28.6 Å². The summed E-state index contributed by atoms with van der Waals surface area (Å²) in [5, 5.41) is 19.4. The number of hydrogen-bond donors (Lipinski definition) is 3. The van der Waals surface area contributed by atoms with Crippen LogP contribution in [0, 0.1) is 5.41 Å². The van der Waals surface area contributed by atoms with Crippen molar-refractivity contribution in [1.29, 1.82) is 0 Å². The Bertz CT molecular complexity index is 356. The zero-order chi connectivity index (χ0) is 11.6. The Kier molecular flexibility index (Phi) is 5.56. The van der Waals surface area contributed by atoms with Gasteiger partial charge >= 0.3 is 0 Å². The molecule has 1 rings (SSSR count). The van der Waals surface area contributed by atoms with Crippen LogP contribution in [0.5, 0.6) is 5.75 Å². The summed E-state index contributed by atoms with van der Waals surface area (Å²) in [6, 6.07) is 4.27. The maximum absolute atomic E-state index is 9.64. The summed E-state index contributed by atoms with van der Waals surface area (Å²) < 4.78 is 0. The number of aliphatic hydroxyl groups is 1. The smallest absolute Gasteiger partial charge is 0.120 e. The molecular weight excluding hydrogens is 249 g/mol. The highest BCUT2D eigenvalue weighted by Gasteiger charge is 2.28. The van der Waals surface area contributed by atoms with Crippen molar-refractivity contribution >= 4 is 24.0 Å². The van der Waals surface area contributed by atoms with E-state index in [-0.39, 0.29) is 24.8 Å². The van der Waals surface area contributed by atoms with Crippen molar-refractivity contribution in [3.63, 3.8) is 0 Å². The number of nitrogens with two attached hydrogens (primary N) is 1. The Morgan fingerprint density at radius 3 is 2.50 bits per heavy atom. The van der Waals surface area contributed by atoms with Crippen LogP contribution >= 0.6 is 24.0 Å². The van der Waals surface area contributed by atoms with E-state index in [4.69, 9.17) is 17.3 Å². The van der Waals surface area contributed by atoms with Crippen molar-refractivity contribution in [2.75, 3.05) is 6.61 Å². The van der Waals surface area contributed by atoms with Crippen LogP contribution in [0.3, 0.4) is 0 Å². The summed E-state index contributed by atoms with van der Waals surface area (Å²) in [5.74, 6) is 0.105. The Hall–Kier alpha value is -0.480. The van der Waals surface area contributed by atoms with E-state index in [1.165, 1.54) is 6.07 Å². The second-order valence-electron chi connectivity index (χ2n) is 4.33. The van der Waals surface area contributed by atoms with Gasteiger partial charge in [-0.2, -0.15) is 0 Å². The van der Waals surface area contributed by atoms with Crippen molar-refractivity contribution in [2.24, 2.45) is 11.1 Å². The van der Waals surface area contributed by atoms with Gasteiger partial charge in [0.15, 0.2) is 0 Å². The molecular formula is C11H17Cl2NO2. The first-order valence-corrected chi connectivity index (χ1v) is 5.11. The molecule has 0 aromatic heterocycles. The fourth-order valence-corrected chi connectivity index (χ4v) is 1.47. The van der Waals surface area contributed by atoms with Crippen LogP contribution in [0.15, 0.2) is 18.2 Å². The Labute approximate surface area is 107 Å². The first-order valence-electron chi connectivity index (χ1n) is 4.73. The van der Waals surface area contributed by atoms with Crippen molar-refractivity contribution in [1.82, 2.24) is 0 Å². The lowest BCUT2D eigenvalue weighted by Gasteiger charge is -2.30. The number of rotatable bonds is 3. The zero-order valence-electron chi connectivity index (χ0n) is 9.27. The molecule has 16 heavy (non-hydrogen) atoms. The molecule has 0 aliphatic carbocycles. The van der Waals surface area contributed by atoms with Crippen molar-refractivity contribution in [2.45, 2.75) is 19.9 Å². The predicted molar refractivity (Wildman–Crippen MR) is 68.2 cm³/mol. The highest BCUT2D eigenvalue weighted by molar-refractivity contribution is 6.30. The minimum absolute atomic E-state index is 0. The van der Waals surface area contributed by atoms with Gasteiger partial charge in [-0.25, -0.2) is 0 Å². The van der Waals surface area contributed by atoms with Crippen LogP contribution in [-0.2, 0) is 0 Å². The molecule has 0 fully saturated rings. The number of aromatic hydroxyl groups is 1. The van der Waals surface area contributed by atoms with Gasteiger partial charge in [0.1, 0.15) is 5.75 Å². The fourth-order valence-electron chi connectivity index (χ4n) is 1.29. The molecule has 1 aromatic carbocycles. The predicted octanol–water partition coefficient (Wildman–Crippen LogP) is 2.49. The first kappa shape index (κ1) is 15.5. The van der Waals surface area contributed by atoms with Crippen LogP contribution in [0.4, 0.5) is 0 Å². The summed E-state index contributed by atoms with van der Waals surface area (Å²) in [6.45, 7) is 3.61. The van der Waals surface area contributed by atoms with E-state index >= 15 is 0 Å². The quantitative estimate of drug-likeness (QED) is 0.787.